The lowest BCUT2D eigenvalue weighted by Gasteiger charge is -2.27. The number of benzene rings is 1. The maximum Gasteiger partial charge on any atom is 0.242 e. The van der Waals surface area contributed by atoms with Crippen LogP contribution in [-0.4, -0.2) is 14.5 Å². The number of nitrogens with two attached hydrogens (primary N) is 1. The molecule has 6 heteroatoms. The highest BCUT2D eigenvalue weighted by Crippen LogP contribution is 2.27. The first kappa shape index (κ1) is 14.8. The summed E-state index contributed by atoms with van der Waals surface area (Å²) in [5.41, 5.74) is 6.06. The summed E-state index contributed by atoms with van der Waals surface area (Å²) in [5, 5.41) is 0. The number of rotatable bonds is 3. The second-order valence-electron chi connectivity index (χ2n) is 5.27. The lowest BCUT2D eigenvalue weighted by Crippen LogP contribution is -2.38. The van der Waals surface area contributed by atoms with Gasteiger partial charge >= 0.3 is 0 Å². The van der Waals surface area contributed by atoms with Crippen molar-refractivity contribution >= 4 is 31.6 Å². The summed E-state index contributed by atoms with van der Waals surface area (Å²) in [6.45, 7) is 2.16. The summed E-state index contributed by atoms with van der Waals surface area (Å²) in [6, 6.07) is 4.86. The summed E-state index contributed by atoms with van der Waals surface area (Å²) in [5.74, 6) is 0.573. The van der Waals surface area contributed by atoms with Gasteiger partial charge < -0.3 is 5.73 Å². The van der Waals surface area contributed by atoms with Crippen molar-refractivity contribution in [3.8, 4) is 0 Å². The Balaban J connectivity index is 2.18. The van der Waals surface area contributed by atoms with Gasteiger partial charge in [-0.15, -0.1) is 0 Å². The Labute approximate surface area is 122 Å². The zero-order valence-electron chi connectivity index (χ0n) is 10.9. The minimum Gasteiger partial charge on any atom is -0.398 e. The van der Waals surface area contributed by atoms with Gasteiger partial charge in [-0.25, -0.2) is 13.1 Å². The quantitative estimate of drug-likeness (QED) is 0.826. The summed E-state index contributed by atoms with van der Waals surface area (Å²) < 4.78 is 28.2. The SMILES string of the molecule is CC1CCCC(NS(=O)(=O)c2ccc(Br)cc2N)C1. The zero-order chi connectivity index (χ0) is 14.0. The Bertz CT molecular complexity index is 560. The largest absolute Gasteiger partial charge is 0.398 e. The minimum absolute atomic E-state index is 0.0248. The average Bonchev–Trinajstić information content (AvgIpc) is 2.27. The molecule has 2 unspecified atom stereocenters. The fraction of sp³-hybridized carbons (Fsp3) is 0.538. The molecular formula is C13H19BrN2O2S. The highest BCUT2D eigenvalue weighted by molar-refractivity contribution is 9.10. The Kier molecular flexibility index (Phi) is 4.53. The topological polar surface area (TPSA) is 72.2 Å². The van der Waals surface area contributed by atoms with Crippen molar-refractivity contribution in [2.24, 2.45) is 5.92 Å². The van der Waals surface area contributed by atoms with E-state index in [1.807, 2.05) is 0 Å². The fourth-order valence-electron chi connectivity index (χ4n) is 2.59. The van der Waals surface area contributed by atoms with Gasteiger partial charge in [0.25, 0.3) is 0 Å². The highest BCUT2D eigenvalue weighted by atomic mass is 79.9. The number of nitrogens with one attached hydrogen (secondary N) is 1. The van der Waals surface area contributed by atoms with E-state index in [-0.39, 0.29) is 16.6 Å². The molecule has 0 amide bonds. The van der Waals surface area contributed by atoms with Gasteiger partial charge in [-0.2, -0.15) is 0 Å². The number of hydrogen-bond donors (Lipinski definition) is 2. The normalized spacial score (nSPS) is 24.3. The third-order valence-electron chi connectivity index (χ3n) is 3.52. The van der Waals surface area contributed by atoms with E-state index in [9.17, 15) is 8.42 Å². The monoisotopic (exact) mass is 346 g/mol. The molecule has 0 bridgehead atoms. The molecule has 1 aliphatic rings. The van der Waals surface area contributed by atoms with Crippen molar-refractivity contribution in [2.75, 3.05) is 5.73 Å². The molecule has 0 spiro atoms. The first-order chi connectivity index (χ1) is 8.88. The van der Waals surface area contributed by atoms with Crippen molar-refractivity contribution in [2.45, 2.75) is 43.5 Å². The molecule has 106 valence electrons. The van der Waals surface area contributed by atoms with E-state index in [0.29, 0.717) is 5.92 Å². The van der Waals surface area contributed by atoms with E-state index in [1.165, 1.54) is 12.5 Å². The highest BCUT2D eigenvalue weighted by Gasteiger charge is 2.25. The molecule has 2 atom stereocenters. The summed E-state index contributed by atoms with van der Waals surface area (Å²) in [6.07, 6.45) is 4.05. The zero-order valence-corrected chi connectivity index (χ0v) is 13.3. The van der Waals surface area contributed by atoms with Gasteiger partial charge in [0.05, 0.1) is 5.69 Å². The van der Waals surface area contributed by atoms with Crippen molar-refractivity contribution in [3.05, 3.63) is 22.7 Å². The second-order valence-corrected chi connectivity index (χ2v) is 7.87. The maximum atomic E-state index is 12.3. The van der Waals surface area contributed by atoms with E-state index in [4.69, 9.17) is 5.73 Å². The van der Waals surface area contributed by atoms with E-state index in [1.54, 1.807) is 12.1 Å². The predicted molar refractivity (Wildman–Crippen MR) is 80.3 cm³/mol. The van der Waals surface area contributed by atoms with Crippen molar-refractivity contribution < 1.29 is 8.42 Å². The maximum absolute atomic E-state index is 12.3. The number of hydrogen-bond acceptors (Lipinski definition) is 3. The van der Waals surface area contributed by atoms with Crippen molar-refractivity contribution in [1.29, 1.82) is 0 Å². The van der Waals surface area contributed by atoms with Gasteiger partial charge in [0, 0.05) is 10.5 Å². The molecule has 1 aromatic rings. The Morgan fingerprint density at radius 3 is 2.74 bits per heavy atom. The molecule has 2 rings (SSSR count). The molecule has 3 N–H and O–H groups in total. The van der Waals surface area contributed by atoms with Crippen LogP contribution >= 0.6 is 15.9 Å². The van der Waals surface area contributed by atoms with Crippen LogP contribution in [0.5, 0.6) is 0 Å². The first-order valence-electron chi connectivity index (χ1n) is 6.46. The predicted octanol–water partition coefficient (Wildman–Crippen LogP) is 2.89. The van der Waals surface area contributed by atoms with Crippen molar-refractivity contribution in [3.63, 3.8) is 0 Å². The standard InChI is InChI=1S/C13H19BrN2O2S/c1-9-3-2-4-11(7-9)16-19(17,18)13-6-5-10(14)8-12(13)15/h5-6,8-9,11,16H,2-4,7,15H2,1H3. The molecular weight excluding hydrogens is 328 g/mol. The number of anilines is 1. The molecule has 19 heavy (non-hydrogen) atoms. The average molecular weight is 347 g/mol. The third kappa shape index (κ3) is 3.70. The van der Waals surface area contributed by atoms with Gasteiger partial charge in [0.15, 0.2) is 0 Å². The van der Waals surface area contributed by atoms with Gasteiger partial charge in [0.1, 0.15) is 4.90 Å². The molecule has 4 nitrogen and oxygen atoms in total. The summed E-state index contributed by atoms with van der Waals surface area (Å²) in [7, 11) is -3.53. The molecule has 1 saturated carbocycles. The van der Waals surface area contributed by atoms with E-state index >= 15 is 0 Å². The second kappa shape index (κ2) is 5.81. The summed E-state index contributed by atoms with van der Waals surface area (Å²) in [4.78, 5) is 0.161. The van der Waals surface area contributed by atoms with E-state index in [2.05, 4.69) is 27.6 Å². The van der Waals surface area contributed by atoms with Crippen LogP contribution in [0.3, 0.4) is 0 Å². The lowest BCUT2D eigenvalue weighted by atomic mass is 9.88. The van der Waals surface area contributed by atoms with Crippen LogP contribution in [0, 0.1) is 5.92 Å². The first-order valence-corrected chi connectivity index (χ1v) is 8.73. The van der Waals surface area contributed by atoms with Gasteiger partial charge in [-0.05, 0) is 37.0 Å². The Morgan fingerprint density at radius 1 is 1.37 bits per heavy atom. The molecule has 1 aliphatic carbocycles. The molecule has 0 heterocycles. The van der Waals surface area contributed by atoms with Crippen LogP contribution in [0.25, 0.3) is 0 Å². The van der Waals surface area contributed by atoms with Crippen LogP contribution < -0.4 is 10.5 Å². The van der Waals surface area contributed by atoms with Gasteiger partial charge in [-0.1, -0.05) is 35.7 Å². The number of nitrogen functional groups attached to an aromatic ring is 1. The smallest absolute Gasteiger partial charge is 0.242 e. The molecule has 0 radical (unpaired) electrons. The third-order valence-corrected chi connectivity index (χ3v) is 5.61. The van der Waals surface area contributed by atoms with Crippen LogP contribution in [0.2, 0.25) is 0 Å². The fourth-order valence-corrected chi connectivity index (χ4v) is 4.36. The Morgan fingerprint density at radius 2 is 2.11 bits per heavy atom. The van der Waals surface area contributed by atoms with E-state index in [0.717, 1.165) is 23.7 Å². The summed E-state index contributed by atoms with van der Waals surface area (Å²) >= 11 is 3.27. The molecule has 1 fully saturated rings. The van der Waals surface area contributed by atoms with Crippen LogP contribution in [-0.2, 0) is 10.0 Å². The lowest BCUT2D eigenvalue weighted by molar-refractivity contribution is 0.327. The van der Waals surface area contributed by atoms with Crippen LogP contribution in [0.15, 0.2) is 27.6 Å². The van der Waals surface area contributed by atoms with Crippen LogP contribution in [0.4, 0.5) is 5.69 Å². The number of halogens is 1. The molecule has 0 saturated heterocycles. The number of sulfonamides is 1. The van der Waals surface area contributed by atoms with Crippen LogP contribution in [0.1, 0.15) is 32.6 Å². The molecule has 0 aliphatic heterocycles. The molecule has 1 aromatic carbocycles. The Hall–Kier alpha value is -0.590. The molecule has 0 aromatic heterocycles. The van der Waals surface area contributed by atoms with Gasteiger partial charge in [0.2, 0.25) is 10.0 Å². The van der Waals surface area contributed by atoms with Crippen molar-refractivity contribution in [1.82, 2.24) is 4.72 Å². The van der Waals surface area contributed by atoms with E-state index < -0.39 is 10.0 Å². The van der Waals surface area contributed by atoms with Gasteiger partial charge in [-0.3, -0.25) is 0 Å². The minimum atomic E-state index is -3.53.